The number of carbonyl (C=O) groups excluding carboxylic acids is 2. The van der Waals surface area contributed by atoms with Crippen molar-refractivity contribution >= 4 is 35.1 Å². The van der Waals surface area contributed by atoms with Crippen LogP contribution in [0, 0.1) is 56.7 Å². The Balaban J connectivity index is 0.972. The average Bonchev–Trinajstić information content (AvgIpc) is 3.85. The van der Waals surface area contributed by atoms with E-state index in [9.17, 15) is 9.59 Å². The first-order chi connectivity index (χ1) is 28.4. The second-order valence-electron chi connectivity index (χ2n) is 20.5. The van der Waals surface area contributed by atoms with Crippen LogP contribution in [-0.2, 0) is 27.5 Å². The Morgan fingerprint density at radius 1 is 0.867 bits per heavy atom. The molecule has 0 bridgehead atoms. The fourth-order valence-corrected chi connectivity index (χ4v) is 14.8. The lowest BCUT2D eigenvalue weighted by molar-refractivity contribution is -0.248. The van der Waals surface area contributed by atoms with Crippen molar-refractivity contribution in [2.75, 3.05) is 7.11 Å². The summed E-state index contributed by atoms with van der Waals surface area (Å²) in [6.45, 7) is 21.5. The van der Waals surface area contributed by atoms with Crippen molar-refractivity contribution in [1.29, 1.82) is 0 Å². The highest BCUT2D eigenvalue weighted by Crippen LogP contribution is 2.77. The number of fused-ring (bicyclic) bond motifs is 7. The molecule has 1 heterocycles. The predicted octanol–water partition coefficient (Wildman–Crippen LogP) is 11.4. The van der Waals surface area contributed by atoms with Crippen molar-refractivity contribution in [3.05, 3.63) is 76.0 Å². The zero-order chi connectivity index (χ0) is 43.0. The van der Waals surface area contributed by atoms with E-state index in [4.69, 9.17) is 37.4 Å². The van der Waals surface area contributed by atoms with Gasteiger partial charge in [-0.15, -0.1) is 5.10 Å². The largest absolute Gasteiger partial charge is 0.493 e. The lowest BCUT2D eigenvalue weighted by Gasteiger charge is -2.72. The number of halogens is 2. The van der Waals surface area contributed by atoms with Crippen LogP contribution in [0.4, 0.5) is 0 Å². The molecule has 3 aromatic rings. The maximum absolute atomic E-state index is 14.9. The van der Waals surface area contributed by atoms with Gasteiger partial charge in [-0.3, -0.25) is 9.59 Å². The minimum atomic E-state index is -0.413. The number of aromatic nitrogens is 3. The van der Waals surface area contributed by atoms with Crippen LogP contribution in [0.2, 0.25) is 10.0 Å². The first kappa shape index (κ1) is 43.1. The van der Waals surface area contributed by atoms with Crippen LogP contribution in [0.1, 0.15) is 124 Å². The second-order valence-corrected chi connectivity index (χ2v) is 21.3. The van der Waals surface area contributed by atoms with Crippen LogP contribution in [0.25, 0.3) is 5.69 Å². The monoisotopic (exact) mass is 858 g/mol. The normalized spacial score (nSPS) is 35.2. The Morgan fingerprint density at radius 2 is 1.65 bits per heavy atom. The van der Waals surface area contributed by atoms with Gasteiger partial charge in [-0.2, -0.15) is 0 Å². The molecule has 1 aromatic heterocycles. The zero-order valence-corrected chi connectivity index (χ0v) is 38.3. The van der Waals surface area contributed by atoms with Crippen LogP contribution < -0.4 is 14.8 Å². The topological polar surface area (TPSA) is 105 Å². The first-order valence-electron chi connectivity index (χ1n) is 22.2. The quantitative estimate of drug-likeness (QED) is 0.160. The molecule has 0 radical (unpaired) electrons. The molecule has 2 aromatic carbocycles. The van der Waals surface area contributed by atoms with Gasteiger partial charge in [0.2, 0.25) is 5.91 Å². The highest BCUT2D eigenvalue weighted by Gasteiger charge is 2.72. The molecule has 1 amide bonds. The summed E-state index contributed by atoms with van der Waals surface area (Å²) in [5, 5.41) is 12.8. The van der Waals surface area contributed by atoms with Gasteiger partial charge >= 0.3 is 5.97 Å². The Kier molecular flexibility index (Phi) is 11.2. The summed E-state index contributed by atoms with van der Waals surface area (Å²) in [6.07, 6.45) is 12.4. The van der Waals surface area contributed by atoms with Crippen molar-refractivity contribution in [3.63, 3.8) is 0 Å². The maximum atomic E-state index is 14.9. The SMILES string of the molecule is C=C(C)[C@@H]1CC[C@]2(C(=O)NCc3ccc(OCc4cn(-c5ccc(Cl)c(Cl)c5)nn4)c(OC)c3)CC[C@]3(C)C(CCC4[C@@]5(C)CCC(OC(C)=O)C(C)(C)C5CC[C@]43C)C12. The van der Waals surface area contributed by atoms with Crippen molar-refractivity contribution < 1.29 is 23.8 Å². The number of ether oxygens (including phenoxy) is 3. The molecule has 60 heavy (non-hydrogen) atoms. The fourth-order valence-electron chi connectivity index (χ4n) is 14.5. The van der Waals surface area contributed by atoms with Gasteiger partial charge in [-0.25, -0.2) is 4.68 Å². The van der Waals surface area contributed by atoms with E-state index in [-0.39, 0.29) is 52.2 Å². The van der Waals surface area contributed by atoms with Gasteiger partial charge in [-0.1, -0.05) is 81.3 Å². The summed E-state index contributed by atoms with van der Waals surface area (Å²) in [5.74, 6) is 3.36. The molecule has 5 unspecified atom stereocenters. The van der Waals surface area contributed by atoms with Crippen LogP contribution in [0.15, 0.2) is 54.7 Å². The number of nitrogens with one attached hydrogen (secondary N) is 1. The van der Waals surface area contributed by atoms with Crippen molar-refractivity contribution in [2.45, 2.75) is 132 Å². The number of nitrogens with zero attached hydrogens (tertiary/aromatic N) is 3. The summed E-state index contributed by atoms with van der Waals surface area (Å²) < 4.78 is 19.5. The standard InChI is InChI=1S/C49H64Cl2N4O5/c1-29(2)34-16-21-49(44(57)52-26-31-10-14-38(39(24-31)58-9)59-28-32-27-55(54-53-32)33-11-13-36(50)37(51)25-33)23-22-47(7)35(43(34)49)12-15-41-46(6)19-18-42(60-30(3)56)45(4,5)40(46)17-20-48(41,47)8/h10-11,13-14,24-25,27,34-35,40-43H,1,12,15-23,26,28H2,2-9H3,(H,52,57)/t34-,35?,40?,41?,42?,43?,46-,47+,48+,49-/m0/s1. The zero-order valence-electron chi connectivity index (χ0n) is 36.8. The van der Waals surface area contributed by atoms with E-state index >= 15 is 0 Å². The van der Waals surface area contributed by atoms with E-state index in [0.717, 1.165) is 62.6 Å². The third-order valence-corrected chi connectivity index (χ3v) is 18.3. The van der Waals surface area contributed by atoms with Crippen molar-refractivity contribution in [2.24, 2.45) is 56.7 Å². The Labute approximate surface area is 366 Å². The number of allylic oxidation sites excluding steroid dienone is 1. The van der Waals surface area contributed by atoms with Crippen molar-refractivity contribution in [1.82, 2.24) is 20.3 Å². The fraction of sp³-hybridized carbons (Fsp3) is 0.633. The number of benzene rings is 2. The molecule has 0 aliphatic heterocycles. The highest BCUT2D eigenvalue weighted by molar-refractivity contribution is 6.42. The van der Waals surface area contributed by atoms with Gasteiger partial charge in [0.15, 0.2) is 11.5 Å². The van der Waals surface area contributed by atoms with E-state index in [1.807, 2.05) is 24.3 Å². The first-order valence-corrected chi connectivity index (χ1v) is 22.9. The maximum Gasteiger partial charge on any atom is 0.302 e. The molecule has 11 heteroatoms. The van der Waals surface area contributed by atoms with Crippen molar-refractivity contribution in [3.8, 4) is 17.2 Å². The number of methoxy groups -OCH3 is 1. The molecule has 0 spiro atoms. The van der Waals surface area contributed by atoms with Crippen LogP contribution >= 0.6 is 23.2 Å². The molecule has 5 saturated carbocycles. The van der Waals surface area contributed by atoms with E-state index < -0.39 is 5.41 Å². The predicted molar refractivity (Wildman–Crippen MR) is 235 cm³/mol. The van der Waals surface area contributed by atoms with Crippen LogP contribution in [-0.4, -0.2) is 40.1 Å². The number of amides is 1. The number of hydrogen-bond acceptors (Lipinski definition) is 7. The molecule has 1 N–H and O–H groups in total. The molecular weight excluding hydrogens is 795 g/mol. The minimum absolute atomic E-state index is 0.0253. The van der Waals surface area contributed by atoms with E-state index in [1.54, 1.807) is 37.0 Å². The highest BCUT2D eigenvalue weighted by atomic mass is 35.5. The summed E-state index contributed by atoms with van der Waals surface area (Å²) in [5.41, 5.74) is 3.55. The molecular formula is C49H64Cl2N4O5. The van der Waals surface area contributed by atoms with Gasteiger partial charge in [0, 0.05) is 18.9 Å². The number of hydrogen-bond donors (Lipinski definition) is 1. The summed E-state index contributed by atoms with van der Waals surface area (Å²) in [7, 11) is 1.63. The van der Waals surface area contributed by atoms with Crippen LogP contribution in [0.5, 0.6) is 11.5 Å². The summed E-state index contributed by atoms with van der Waals surface area (Å²) in [4.78, 5) is 27.0. The third kappa shape index (κ3) is 6.87. The lowest BCUT2D eigenvalue weighted by Crippen LogP contribution is -2.67. The van der Waals surface area contributed by atoms with Gasteiger partial charge in [-0.05, 0) is 153 Å². The van der Waals surface area contributed by atoms with Gasteiger partial charge in [0.1, 0.15) is 18.4 Å². The number of rotatable bonds is 10. The Morgan fingerprint density at radius 3 is 2.37 bits per heavy atom. The smallest absolute Gasteiger partial charge is 0.302 e. The molecule has 10 atom stereocenters. The average molecular weight is 860 g/mol. The second kappa shape index (κ2) is 15.7. The number of esters is 1. The Bertz CT molecular complexity index is 2170. The van der Waals surface area contributed by atoms with E-state index in [0.29, 0.717) is 57.5 Å². The van der Waals surface area contributed by atoms with Crippen LogP contribution in [0.3, 0.4) is 0 Å². The molecule has 0 saturated heterocycles. The molecule has 9 nitrogen and oxygen atoms in total. The van der Waals surface area contributed by atoms with E-state index in [2.05, 4.69) is 63.8 Å². The molecule has 5 fully saturated rings. The minimum Gasteiger partial charge on any atom is -0.493 e. The van der Waals surface area contributed by atoms with Gasteiger partial charge in [0.25, 0.3) is 0 Å². The third-order valence-electron chi connectivity index (χ3n) is 17.5. The number of carbonyl (C=O) groups is 2. The molecule has 8 rings (SSSR count). The van der Waals surface area contributed by atoms with E-state index in [1.165, 1.54) is 18.4 Å². The molecule has 5 aliphatic carbocycles. The van der Waals surface area contributed by atoms with Gasteiger partial charge < -0.3 is 19.5 Å². The lowest BCUT2D eigenvalue weighted by atomic mass is 9.32. The molecule has 5 aliphatic rings. The molecule has 324 valence electrons. The summed E-state index contributed by atoms with van der Waals surface area (Å²) in [6, 6.07) is 11.1. The van der Waals surface area contributed by atoms with Gasteiger partial charge in [0.05, 0.1) is 34.5 Å². The Hall–Kier alpha value is -3.56. The summed E-state index contributed by atoms with van der Waals surface area (Å²) >= 11 is 12.3.